The zero-order chi connectivity index (χ0) is 3.58. The van der Waals surface area contributed by atoms with Crippen LogP contribution in [0.3, 0.4) is 0 Å². The van der Waals surface area contributed by atoms with E-state index in [0.29, 0.717) is 0 Å². The quantitative estimate of drug-likeness (QED) is 0.403. The summed E-state index contributed by atoms with van der Waals surface area (Å²) in [5.41, 5.74) is 0. The van der Waals surface area contributed by atoms with Gasteiger partial charge in [0.2, 0.25) is 0 Å². The Kier molecular flexibility index (Phi) is 26.2. The zero-order valence-corrected chi connectivity index (χ0v) is 4.85. The van der Waals surface area contributed by atoms with Crippen LogP contribution in [-0.4, -0.2) is 81.1 Å². The molecule has 0 N–H and O–H groups in total. The summed E-state index contributed by atoms with van der Waals surface area (Å²) in [7, 11) is -3.63. The maximum Gasteiger partial charge on any atom is 2.00 e. The Morgan fingerprint density at radius 3 is 1.33 bits per heavy atom. The van der Waals surface area contributed by atoms with Crippen LogP contribution in [0.5, 0.6) is 0 Å². The van der Waals surface area contributed by atoms with Gasteiger partial charge in [-0.2, -0.15) is 0 Å². The van der Waals surface area contributed by atoms with Crippen molar-refractivity contribution in [2.75, 3.05) is 0 Å². The van der Waals surface area contributed by atoms with Crippen molar-refractivity contribution in [3.63, 3.8) is 0 Å². The van der Waals surface area contributed by atoms with Crippen molar-refractivity contribution >= 4 is 81.1 Å². The van der Waals surface area contributed by atoms with E-state index in [1.165, 1.54) is 0 Å². The van der Waals surface area contributed by atoms with Crippen molar-refractivity contribution in [3.8, 4) is 0 Å². The summed E-state index contributed by atoms with van der Waals surface area (Å²) in [6, 6.07) is 0. The topological polar surface area (TPSA) is 63.2 Å². The molecular weight excluding hydrogens is 238 g/mol. The molecule has 6 heavy (non-hydrogen) atoms. The minimum Gasteiger partial charge on any atom is 2.00 e. The standard InChI is InChI=1S/Ba.Mg.O3Si.2H/c;;1-4(2)3;;/q;+2;-2;;. The Morgan fingerprint density at radius 1 is 1.33 bits per heavy atom. The van der Waals surface area contributed by atoms with Crippen LogP contribution in [0.4, 0.5) is 0 Å². The minimum absolute atomic E-state index is 0. The van der Waals surface area contributed by atoms with Crippen LogP contribution in [0.25, 0.3) is 0 Å². The van der Waals surface area contributed by atoms with Crippen molar-refractivity contribution in [3.05, 3.63) is 0 Å². The summed E-state index contributed by atoms with van der Waals surface area (Å²) in [5, 5.41) is 0. The van der Waals surface area contributed by atoms with Crippen LogP contribution in [0, 0.1) is 0 Å². The summed E-state index contributed by atoms with van der Waals surface area (Å²) < 4.78 is 8.52. The van der Waals surface area contributed by atoms with Gasteiger partial charge in [0.1, 0.15) is 0 Å². The summed E-state index contributed by atoms with van der Waals surface area (Å²) in [5.74, 6) is 0. The molecule has 3 nitrogen and oxygen atoms in total. The van der Waals surface area contributed by atoms with Gasteiger partial charge in [-0.15, -0.1) is 0 Å². The molecule has 6 heteroatoms. The SMILES string of the molecule is O=[Si]([O-])[O-].[BaH2].[Mg+2]. The van der Waals surface area contributed by atoms with E-state index in [-0.39, 0.29) is 71.9 Å². The number of hydrogen-bond donors (Lipinski definition) is 0. The molecule has 0 saturated heterocycles. The van der Waals surface area contributed by atoms with Gasteiger partial charge in [0.25, 0.3) is 0 Å². The molecule has 0 saturated carbocycles. The third-order valence-electron chi connectivity index (χ3n) is 0. The van der Waals surface area contributed by atoms with Gasteiger partial charge in [-0.1, -0.05) is 0 Å². The Hall–Kier alpha value is 1.95. The monoisotopic (exact) mass is 240 g/mol. The van der Waals surface area contributed by atoms with E-state index in [0.717, 1.165) is 0 Å². The predicted octanol–water partition coefficient (Wildman–Crippen LogP) is -4.17. The maximum absolute atomic E-state index is 8.52. The maximum atomic E-state index is 8.52. The Bertz CT molecular complexity index is 33.8. The Labute approximate surface area is 93.3 Å². The largest absolute Gasteiger partial charge is 2.00 e. The summed E-state index contributed by atoms with van der Waals surface area (Å²) in [6.07, 6.45) is 0. The van der Waals surface area contributed by atoms with Gasteiger partial charge < -0.3 is 14.1 Å². The van der Waals surface area contributed by atoms with E-state index in [2.05, 4.69) is 0 Å². The molecule has 0 aromatic rings. The molecule has 28 valence electrons. The van der Waals surface area contributed by atoms with Crippen LogP contribution in [0.2, 0.25) is 0 Å². The number of hydrogen-bond acceptors (Lipinski definition) is 3. The smallest absolute Gasteiger partial charge is 2.00 e. The molecule has 0 aliphatic carbocycles. The second-order valence-electron chi connectivity index (χ2n) is 0.250. The van der Waals surface area contributed by atoms with Gasteiger partial charge in [0, 0.05) is 9.17 Å². The van der Waals surface area contributed by atoms with Crippen LogP contribution >= 0.6 is 0 Å². The normalized spacial score (nSPS) is 4.00. The van der Waals surface area contributed by atoms with E-state index in [4.69, 9.17) is 14.1 Å². The summed E-state index contributed by atoms with van der Waals surface area (Å²) in [6.45, 7) is 0. The average molecular weight is 240 g/mol. The first kappa shape index (κ1) is 15.7. The average Bonchev–Trinajstić information content (AvgIpc) is 0.811. The van der Waals surface area contributed by atoms with Crippen molar-refractivity contribution in [2.24, 2.45) is 0 Å². The molecule has 0 heterocycles. The molecule has 0 atom stereocenters. The molecule has 0 aliphatic heterocycles. The van der Waals surface area contributed by atoms with E-state index >= 15 is 0 Å². The van der Waals surface area contributed by atoms with E-state index in [1.54, 1.807) is 0 Å². The fourth-order valence-corrected chi connectivity index (χ4v) is 0. The molecule has 0 fully saturated rings. The molecule has 0 unspecified atom stereocenters. The van der Waals surface area contributed by atoms with Crippen molar-refractivity contribution < 1.29 is 14.1 Å². The van der Waals surface area contributed by atoms with Gasteiger partial charge in [0.05, 0.1) is 0 Å². The van der Waals surface area contributed by atoms with Crippen molar-refractivity contribution in [1.29, 1.82) is 0 Å². The van der Waals surface area contributed by atoms with Crippen LogP contribution in [-0.2, 0) is 4.46 Å². The van der Waals surface area contributed by atoms with Crippen molar-refractivity contribution in [1.82, 2.24) is 0 Å². The van der Waals surface area contributed by atoms with Gasteiger partial charge in [-0.05, 0) is 0 Å². The summed E-state index contributed by atoms with van der Waals surface area (Å²) in [4.78, 5) is 17.0. The van der Waals surface area contributed by atoms with E-state index in [9.17, 15) is 0 Å². The molecular formula is H2BaMgO3Si. The Morgan fingerprint density at radius 2 is 1.33 bits per heavy atom. The molecule has 0 aromatic carbocycles. The van der Waals surface area contributed by atoms with Crippen LogP contribution < -0.4 is 9.59 Å². The molecule has 0 amide bonds. The van der Waals surface area contributed by atoms with Gasteiger partial charge >= 0.3 is 71.9 Å². The van der Waals surface area contributed by atoms with Gasteiger partial charge in [0.15, 0.2) is 0 Å². The molecule has 0 bridgehead atoms. The van der Waals surface area contributed by atoms with Crippen LogP contribution in [0.15, 0.2) is 0 Å². The molecule has 0 rings (SSSR count). The molecule has 0 spiro atoms. The first-order valence-corrected chi connectivity index (χ1v) is 1.84. The van der Waals surface area contributed by atoms with Crippen LogP contribution in [0.1, 0.15) is 0 Å². The Balaban J connectivity index is -0.0000000450. The fourth-order valence-electron chi connectivity index (χ4n) is 0. The fraction of sp³-hybridized carbons (Fsp3) is 0. The second-order valence-corrected chi connectivity index (χ2v) is 0.750. The summed E-state index contributed by atoms with van der Waals surface area (Å²) >= 11 is 0. The minimum atomic E-state index is -3.63. The second kappa shape index (κ2) is 10.0. The molecule has 0 aromatic heterocycles. The van der Waals surface area contributed by atoms with Gasteiger partial charge in [-0.25, -0.2) is 0 Å². The van der Waals surface area contributed by atoms with Gasteiger partial charge in [-0.3, -0.25) is 0 Å². The first-order chi connectivity index (χ1) is 1.73. The molecule has 0 radical (unpaired) electrons. The molecule has 0 aliphatic rings. The third-order valence-corrected chi connectivity index (χ3v) is 0. The zero-order valence-electron chi connectivity index (χ0n) is 2.43. The predicted molar refractivity (Wildman–Crippen MR) is 20.7 cm³/mol. The van der Waals surface area contributed by atoms with E-state index < -0.39 is 9.17 Å². The number of rotatable bonds is 0. The van der Waals surface area contributed by atoms with E-state index in [1.807, 2.05) is 0 Å². The third kappa shape index (κ3) is 38.3. The first-order valence-electron chi connectivity index (χ1n) is 0.612. The van der Waals surface area contributed by atoms with Crippen molar-refractivity contribution in [2.45, 2.75) is 0 Å².